The van der Waals surface area contributed by atoms with Crippen molar-refractivity contribution in [2.24, 2.45) is 0 Å². The Morgan fingerprint density at radius 1 is 1.50 bits per heavy atom. The Kier molecular flexibility index (Phi) is 4.21. The molecule has 0 amide bonds. The number of halogens is 1. The average Bonchev–Trinajstić information content (AvgIpc) is 2.91. The van der Waals surface area contributed by atoms with Gasteiger partial charge in [0.15, 0.2) is 0 Å². The Hall–Kier alpha value is -0.580. The highest BCUT2D eigenvalue weighted by atomic mass is 79.9. The second-order valence-corrected chi connectivity index (χ2v) is 5.37. The molecule has 0 aliphatic carbocycles. The fourth-order valence-electron chi connectivity index (χ4n) is 1.58. The van der Waals surface area contributed by atoms with Crippen LogP contribution in [0.2, 0.25) is 0 Å². The van der Waals surface area contributed by atoms with Gasteiger partial charge in [-0.3, -0.25) is 0 Å². The zero-order valence-electron chi connectivity index (χ0n) is 9.07. The van der Waals surface area contributed by atoms with E-state index in [1.807, 2.05) is 6.07 Å². The minimum absolute atomic E-state index is 0.157. The van der Waals surface area contributed by atoms with E-state index < -0.39 is 0 Å². The molecule has 4 heteroatoms. The van der Waals surface area contributed by atoms with Crippen molar-refractivity contribution < 1.29 is 4.42 Å². The largest absolute Gasteiger partial charge is 0.466 e. The molecule has 16 heavy (non-hydrogen) atoms. The Balaban J connectivity index is 2.25. The fraction of sp³-hybridized carbons (Fsp3) is 0.333. The third kappa shape index (κ3) is 2.56. The van der Waals surface area contributed by atoms with Crippen molar-refractivity contribution in [2.45, 2.75) is 19.4 Å². The lowest BCUT2D eigenvalue weighted by atomic mass is 10.2. The first-order chi connectivity index (χ1) is 7.83. The van der Waals surface area contributed by atoms with Gasteiger partial charge < -0.3 is 9.73 Å². The van der Waals surface area contributed by atoms with Crippen LogP contribution in [0.25, 0.3) is 0 Å². The molecule has 2 aromatic heterocycles. The third-order valence-electron chi connectivity index (χ3n) is 2.33. The van der Waals surface area contributed by atoms with Crippen LogP contribution >= 0.6 is 27.3 Å². The summed E-state index contributed by atoms with van der Waals surface area (Å²) in [7, 11) is 0. The van der Waals surface area contributed by atoms with Crippen molar-refractivity contribution in [3.05, 3.63) is 45.0 Å². The van der Waals surface area contributed by atoms with Gasteiger partial charge in [-0.1, -0.05) is 13.0 Å². The quantitative estimate of drug-likeness (QED) is 0.895. The van der Waals surface area contributed by atoms with Crippen molar-refractivity contribution in [1.82, 2.24) is 5.32 Å². The normalized spacial score (nSPS) is 12.9. The lowest BCUT2D eigenvalue weighted by molar-refractivity contribution is 0.447. The van der Waals surface area contributed by atoms with Crippen LogP contribution in [0.15, 0.2) is 38.7 Å². The highest BCUT2D eigenvalue weighted by Gasteiger charge is 2.19. The molecule has 86 valence electrons. The Morgan fingerprint density at radius 3 is 2.94 bits per heavy atom. The summed E-state index contributed by atoms with van der Waals surface area (Å²) in [6.07, 6.45) is 2.83. The standard InChI is InChI=1S/C12H14BrNOS/c1-2-6-14-11(10-4-3-8-16-10)12-9(13)5-7-15-12/h3-5,7-8,11,14H,2,6H2,1H3. The first kappa shape index (κ1) is 11.9. The van der Waals surface area contributed by atoms with Gasteiger partial charge in [0, 0.05) is 4.88 Å². The SMILES string of the molecule is CCCNC(c1cccs1)c1occc1Br. The molecule has 0 spiro atoms. The maximum Gasteiger partial charge on any atom is 0.140 e. The Morgan fingerprint density at radius 2 is 2.38 bits per heavy atom. The van der Waals surface area contributed by atoms with Crippen molar-refractivity contribution in [2.75, 3.05) is 6.54 Å². The van der Waals surface area contributed by atoms with Crippen LogP contribution in [0.5, 0.6) is 0 Å². The maximum absolute atomic E-state index is 5.54. The number of nitrogens with one attached hydrogen (secondary N) is 1. The van der Waals surface area contributed by atoms with Gasteiger partial charge in [0.05, 0.1) is 10.7 Å². The molecule has 0 radical (unpaired) electrons. The highest BCUT2D eigenvalue weighted by molar-refractivity contribution is 9.10. The van der Waals surface area contributed by atoms with Gasteiger partial charge in [0.1, 0.15) is 11.8 Å². The van der Waals surface area contributed by atoms with E-state index in [-0.39, 0.29) is 6.04 Å². The van der Waals surface area contributed by atoms with Crippen molar-refractivity contribution >= 4 is 27.3 Å². The Labute approximate surface area is 108 Å². The van der Waals surface area contributed by atoms with E-state index in [0.29, 0.717) is 0 Å². The number of hydrogen-bond acceptors (Lipinski definition) is 3. The first-order valence-electron chi connectivity index (χ1n) is 5.32. The van der Waals surface area contributed by atoms with Gasteiger partial charge in [0.25, 0.3) is 0 Å². The number of furan rings is 1. The molecule has 0 saturated carbocycles. The predicted octanol–water partition coefficient (Wildman–Crippen LogP) is 4.19. The summed E-state index contributed by atoms with van der Waals surface area (Å²) in [4.78, 5) is 1.28. The molecule has 1 atom stereocenters. The molecule has 0 aromatic carbocycles. The summed E-state index contributed by atoms with van der Waals surface area (Å²) in [6, 6.07) is 6.29. The van der Waals surface area contributed by atoms with Gasteiger partial charge in [-0.25, -0.2) is 0 Å². The summed E-state index contributed by atoms with van der Waals surface area (Å²) < 4.78 is 6.57. The minimum Gasteiger partial charge on any atom is -0.466 e. The van der Waals surface area contributed by atoms with E-state index >= 15 is 0 Å². The molecule has 2 rings (SSSR count). The van der Waals surface area contributed by atoms with Gasteiger partial charge in [-0.15, -0.1) is 11.3 Å². The topological polar surface area (TPSA) is 25.2 Å². The zero-order chi connectivity index (χ0) is 11.4. The molecule has 2 aromatic rings. The van der Waals surface area contributed by atoms with Gasteiger partial charge in [-0.2, -0.15) is 0 Å². The Bertz CT molecular complexity index is 424. The second kappa shape index (κ2) is 5.66. The number of rotatable bonds is 5. The van der Waals surface area contributed by atoms with Crippen LogP contribution in [0, 0.1) is 0 Å². The lowest BCUT2D eigenvalue weighted by Crippen LogP contribution is -2.22. The summed E-state index contributed by atoms with van der Waals surface area (Å²) in [5.41, 5.74) is 0. The molecule has 0 aliphatic rings. The molecule has 1 N–H and O–H groups in total. The van der Waals surface area contributed by atoms with E-state index in [1.165, 1.54) is 4.88 Å². The van der Waals surface area contributed by atoms with Gasteiger partial charge in [-0.05, 0) is 46.4 Å². The van der Waals surface area contributed by atoms with E-state index in [9.17, 15) is 0 Å². The number of hydrogen-bond donors (Lipinski definition) is 1. The van der Waals surface area contributed by atoms with Crippen molar-refractivity contribution in [1.29, 1.82) is 0 Å². The van der Waals surface area contributed by atoms with Crippen LogP contribution < -0.4 is 5.32 Å². The van der Waals surface area contributed by atoms with Crippen LogP contribution in [-0.4, -0.2) is 6.54 Å². The predicted molar refractivity (Wildman–Crippen MR) is 70.9 cm³/mol. The molecule has 2 heterocycles. The summed E-state index contributed by atoms with van der Waals surface area (Å²) >= 11 is 5.26. The molecule has 0 aliphatic heterocycles. The van der Waals surface area contributed by atoms with Crippen LogP contribution in [0.1, 0.15) is 30.0 Å². The van der Waals surface area contributed by atoms with Gasteiger partial charge in [0.2, 0.25) is 0 Å². The number of thiophene rings is 1. The van der Waals surface area contributed by atoms with Crippen molar-refractivity contribution in [3.8, 4) is 0 Å². The van der Waals surface area contributed by atoms with Gasteiger partial charge >= 0.3 is 0 Å². The van der Waals surface area contributed by atoms with Crippen molar-refractivity contribution in [3.63, 3.8) is 0 Å². The minimum atomic E-state index is 0.157. The molecule has 2 nitrogen and oxygen atoms in total. The molecule has 0 bridgehead atoms. The zero-order valence-corrected chi connectivity index (χ0v) is 11.5. The van der Waals surface area contributed by atoms with E-state index in [1.54, 1.807) is 17.6 Å². The smallest absolute Gasteiger partial charge is 0.140 e. The van der Waals surface area contributed by atoms with E-state index in [0.717, 1.165) is 23.2 Å². The molecular weight excluding hydrogens is 286 g/mol. The first-order valence-corrected chi connectivity index (χ1v) is 7.00. The average molecular weight is 300 g/mol. The third-order valence-corrected chi connectivity index (χ3v) is 3.93. The maximum atomic E-state index is 5.54. The van der Waals surface area contributed by atoms with Crippen LogP contribution in [0.3, 0.4) is 0 Å². The van der Waals surface area contributed by atoms with E-state index in [2.05, 4.69) is 45.7 Å². The van der Waals surface area contributed by atoms with E-state index in [4.69, 9.17) is 4.42 Å². The molecular formula is C12H14BrNOS. The summed E-state index contributed by atoms with van der Waals surface area (Å²) in [5.74, 6) is 0.955. The second-order valence-electron chi connectivity index (χ2n) is 3.54. The highest BCUT2D eigenvalue weighted by Crippen LogP contribution is 2.31. The summed E-state index contributed by atoms with van der Waals surface area (Å²) in [6.45, 7) is 3.14. The van der Waals surface area contributed by atoms with Crippen LogP contribution in [-0.2, 0) is 0 Å². The lowest BCUT2D eigenvalue weighted by Gasteiger charge is -2.15. The fourth-order valence-corrected chi connectivity index (χ4v) is 2.81. The van der Waals surface area contributed by atoms with Crippen LogP contribution in [0.4, 0.5) is 0 Å². The molecule has 1 unspecified atom stereocenters. The molecule has 0 saturated heterocycles. The molecule has 0 fully saturated rings. The monoisotopic (exact) mass is 299 g/mol. The summed E-state index contributed by atoms with van der Waals surface area (Å²) in [5, 5.41) is 5.59.